The Morgan fingerprint density at radius 1 is 1.11 bits per heavy atom. The molecule has 0 bridgehead atoms. The first-order valence-electron chi connectivity index (χ1n) is 11.6. The van der Waals surface area contributed by atoms with Crippen LogP contribution in [-0.4, -0.2) is 22.4 Å². The predicted molar refractivity (Wildman–Crippen MR) is 142 cm³/mol. The quantitative estimate of drug-likeness (QED) is 0.330. The molecule has 2 aromatic heterocycles. The number of aryl methyl sites for hydroxylation is 3. The lowest BCUT2D eigenvalue weighted by molar-refractivity contribution is -0.122. The first-order valence-corrected chi connectivity index (χ1v) is 13.2. The maximum atomic E-state index is 13.4. The number of nitrogens with zero attached hydrogens (tertiary/aromatic N) is 3. The van der Waals surface area contributed by atoms with Gasteiger partial charge in [0.25, 0.3) is 11.8 Å². The number of hydrogen-bond acceptors (Lipinski definition) is 5. The lowest BCUT2D eigenvalue weighted by atomic mass is 9.97. The van der Waals surface area contributed by atoms with E-state index >= 15 is 0 Å². The molecule has 7 nitrogen and oxygen atoms in total. The predicted octanol–water partition coefficient (Wildman–Crippen LogP) is 5.64. The summed E-state index contributed by atoms with van der Waals surface area (Å²) in [4.78, 5) is 41.8. The van der Waals surface area contributed by atoms with E-state index in [1.54, 1.807) is 36.5 Å². The molecule has 2 aliphatic rings. The Morgan fingerprint density at radius 2 is 1.86 bits per heavy atom. The molecule has 0 radical (unpaired) electrons. The van der Waals surface area contributed by atoms with Gasteiger partial charge >= 0.3 is 6.03 Å². The highest BCUT2D eigenvalue weighted by molar-refractivity contribution is 9.10. The van der Waals surface area contributed by atoms with Gasteiger partial charge in [-0.2, -0.15) is 5.26 Å². The molecule has 0 atom stereocenters. The number of carbonyl (C=O) groups excluding carboxylic acids is 3. The number of benzene rings is 1. The minimum atomic E-state index is -0.776. The Kier molecular flexibility index (Phi) is 6.18. The van der Waals surface area contributed by atoms with Crippen LogP contribution in [0.4, 0.5) is 10.5 Å². The van der Waals surface area contributed by atoms with Crippen LogP contribution in [0.3, 0.4) is 0 Å². The second-order valence-corrected chi connectivity index (χ2v) is 11.1. The minimum Gasteiger partial charge on any atom is -0.316 e. The molecule has 9 heteroatoms. The summed E-state index contributed by atoms with van der Waals surface area (Å²) in [5.41, 5.74) is 5.56. The number of thiophene rings is 1. The highest BCUT2D eigenvalue weighted by Crippen LogP contribution is 2.39. The summed E-state index contributed by atoms with van der Waals surface area (Å²) in [5, 5.41) is 12.1. The average Bonchev–Trinajstić information content (AvgIpc) is 3.33. The summed E-state index contributed by atoms with van der Waals surface area (Å²) in [5.74, 6) is -1.41. The first-order chi connectivity index (χ1) is 17.2. The monoisotopic (exact) mass is 562 g/mol. The lowest BCUT2D eigenvalue weighted by Gasteiger charge is -2.27. The van der Waals surface area contributed by atoms with Crippen molar-refractivity contribution in [2.45, 2.75) is 46.5 Å². The van der Waals surface area contributed by atoms with Crippen LogP contribution in [0, 0.1) is 32.1 Å². The van der Waals surface area contributed by atoms with Gasteiger partial charge < -0.3 is 4.57 Å². The van der Waals surface area contributed by atoms with Crippen LogP contribution < -0.4 is 10.2 Å². The van der Waals surface area contributed by atoms with Crippen molar-refractivity contribution in [2.24, 2.45) is 0 Å². The third-order valence-corrected chi connectivity index (χ3v) is 8.42. The summed E-state index contributed by atoms with van der Waals surface area (Å²) in [6.07, 6.45) is 5.67. The molecule has 1 saturated heterocycles. The second kappa shape index (κ2) is 9.19. The van der Waals surface area contributed by atoms with Crippen molar-refractivity contribution in [3.63, 3.8) is 0 Å². The average molecular weight is 563 g/mol. The van der Waals surface area contributed by atoms with Crippen LogP contribution in [0.2, 0.25) is 0 Å². The highest BCUT2D eigenvalue weighted by Gasteiger charge is 2.37. The number of anilines is 1. The van der Waals surface area contributed by atoms with Crippen molar-refractivity contribution in [3.05, 3.63) is 72.1 Å². The highest BCUT2D eigenvalue weighted by atomic mass is 79.9. The number of fused-ring (bicyclic) bond motifs is 1. The largest absolute Gasteiger partial charge is 0.335 e. The maximum Gasteiger partial charge on any atom is 0.335 e. The fourth-order valence-electron chi connectivity index (χ4n) is 5.04. The van der Waals surface area contributed by atoms with E-state index in [1.807, 2.05) is 19.9 Å². The van der Waals surface area contributed by atoms with Gasteiger partial charge in [-0.15, -0.1) is 11.3 Å². The summed E-state index contributed by atoms with van der Waals surface area (Å²) < 4.78 is 2.87. The summed E-state index contributed by atoms with van der Waals surface area (Å²) in [6.45, 7) is 5.66. The number of nitrogens with one attached hydrogen (secondary N) is 1. The third-order valence-electron chi connectivity index (χ3n) is 6.74. The zero-order chi connectivity index (χ0) is 25.7. The number of amides is 4. The van der Waals surface area contributed by atoms with Crippen molar-refractivity contribution in [1.29, 1.82) is 5.26 Å². The molecule has 0 spiro atoms. The van der Waals surface area contributed by atoms with Crippen LogP contribution in [0.15, 0.2) is 34.3 Å². The van der Waals surface area contributed by atoms with Crippen LogP contribution in [0.1, 0.15) is 50.7 Å². The number of barbiturate groups is 1. The number of urea groups is 1. The van der Waals surface area contributed by atoms with Gasteiger partial charge in [-0.1, -0.05) is 15.9 Å². The van der Waals surface area contributed by atoms with Gasteiger partial charge in [0.1, 0.15) is 16.5 Å². The Labute approximate surface area is 221 Å². The minimum absolute atomic E-state index is 0.120. The standard InChI is InChI=1S/C27H23BrN4O3S/c1-14-10-18(28)8-9-21(14)32-26(34)20(25(33)30-27(32)35)12-17-11-15(2)31(16(17)3)24-19-6-4-5-7-22(19)36-23(24)13-29/h8-12H,4-7H2,1-3H3,(H,30,33,35)/b20-12+. The molecule has 0 unspecified atom stereocenters. The molecule has 0 saturated carbocycles. The Hall–Kier alpha value is -3.48. The van der Waals surface area contributed by atoms with Gasteiger partial charge in [-0.3, -0.25) is 14.9 Å². The van der Waals surface area contributed by atoms with Gasteiger partial charge in [0, 0.05) is 20.7 Å². The van der Waals surface area contributed by atoms with E-state index in [0.29, 0.717) is 21.7 Å². The van der Waals surface area contributed by atoms with Crippen molar-refractivity contribution in [3.8, 4) is 11.8 Å². The number of carbonyl (C=O) groups is 3. The fourth-order valence-corrected chi connectivity index (χ4v) is 6.69. The molecule has 4 amide bonds. The van der Waals surface area contributed by atoms with Gasteiger partial charge in [0.2, 0.25) is 0 Å². The van der Waals surface area contributed by atoms with E-state index in [0.717, 1.165) is 52.1 Å². The molecule has 36 heavy (non-hydrogen) atoms. The van der Waals surface area contributed by atoms with Crippen molar-refractivity contribution < 1.29 is 14.4 Å². The molecule has 1 N–H and O–H groups in total. The molecule has 182 valence electrons. The molecular weight excluding hydrogens is 540 g/mol. The van der Waals surface area contributed by atoms with Gasteiger partial charge in [-0.25, -0.2) is 9.69 Å². The SMILES string of the molecule is Cc1cc(Br)ccc1N1C(=O)NC(=O)/C(=C\c2cc(C)n(-c3c(C#N)sc4c3CCCC4)c2C)C1=O. The summed E-state index contributed by atoms with van der Waals surface area (Å²) >= 11 is 4.95. The molecule has 3 heterocycles. The summed E-state index contributed by atoms with van der Waals surface area (Å²) in [6, 6.07) is 8.70. The van der Waals surface area contributed by atoms with Gasteiger partial charge in [0.15, 0.2) is 0 Å². The lowest BCUT2D eigenvalue weighted by Crippen LogP contribution is -2.54. The fraction of sp³-hybridized carbons (Fsp3) is 0.259. The summed E-state index contributed by atoms with van der Waals surface area (Å²) in [7, 11) is 0. The Morgan fingerprint density at radius 3 is 2.58 bits per heavy atom. The smallest absolute Gasteiger partial charge is 0.316 e. The molecule has 5 rings (SSSR count). The van der Waals surface area contributed by atoms with Crippen LogP contribution >= 0.6 is 27.3 Å². The normalized spacial score (nSPS) is 16.8. The molecule has 1 aromatic carbocycles. The number of aromatic nitrogens is 1. The Balaban J connectivity index is 1.60. The number of nitriles is 1. The molecule has 1 aliphatic heterocycles. The van der Waals surface area contributed by atoms with Crippen LogP contribution in [0.25, 0.3) is 11.8 Å². The van der Waals surface area contributed by atoms with Gasteiger partial charge in [-0.05, 0) is 93.5 Å². The van der Waals surface area contributed by atoms with E-state index in [9.17, 15) is 19.6 Å². The number of imide groups is 2. The van der Waals surface area contributed by atoms with Crippen molar-refractivity contribution >= 4 is 56.9 Å². The molecule has 1 aliphatic carbocycles. The first kappa shape index (κ1) is 24.2. The third kappa shape index (κ3) is 3.91. The van der Waals surface area contributed by atoms with E-state index in [-0.39, 0.29) is 5.57 Å². The number of hydrogen-bond donors (Lipinski definition) is 1. The van der Waals surface area contributed by atoms with E-state index < -0.39 is 17.8 Å². The number of rotatable bonds is 3. The Bertz CT molecular complexity index is 1540. The zero-order valence-corrected chi connectivity index (χ0v) is 22.5. The van der Waals surface area contributed by atoms with Crippen LogP contribution in [0.5, 0.6) is 0 Å². The van der Waals surface area contributed by atoms with Gasteiger partial charge in [0.05, 0.1) is 11.4 Å². The van der Waals surface area contributed by atoms with Crippen LogP contribution in [-0.2, 0) is 22.4 Å². The molecule has 3 aromatic rings. The topological polar surface area (TPSA) is 95.2 Å². The molecule has 1 fully saturated rings. The van der Waals surface area contributed by atoms with E-state index in [4.69, 9.17) is 0 Å². The van der Waals surface area contributed by atoms with Crippen molar-refractivity contribution in [1.82, 2.24) is 9.88 Å². The number of halogens is 1. The molecular formula is C27H23BrN4O3S. The maximum absolute atomic E-state index is 13.4. The second-order valence-electron chi connectivity index (χ2n) is 9.05. The van der Waals surface area contributed by atoms with E-state index in [2.05, 4.69) is 31.9 Å². The van der Waals surface area contributed by atoms with E-state index in [1.165, 1.54) is 16.5 Å². The zero-order valence-electron chi connectivity index (χ0n) is 20.1. The van der Waals surface area contributed by atoms with Crippen molar-refractivity contribution in [2.75, 3.05) is 4.90 Å².